The van der Waals surface area contributed by atoms with Gasteiger partial charge < -0.3 is 21.1 Å². The number of esters is 1. The quantitative estimate of drug-likeness (QED) is 0.590. The molecule has 1 aliphatic rings. The number of rotatable bonds is 8. The van der Waals surface area contributed by atoms with E-state index in [9.17, 15) is 14.4 Å². The molecule has 0 saturated heterocycles. The van der Waals surface area contributed by atoms with E-state index < -0.39 is 18.1 Å². The Labute approximate surface area is 166 Å². The van der Waals surface area contributed by atoms with Crippen LogP contribution < -0.4 is 16.4 Å². The first-order chi connectivity index (χ1) is 13.4. The largest absolute Gasteiger partial charge is 0.467 e. The smallest absolute Gasteiger partial charge is 0.328 e. The first-order valence-electron chi connectivity index (χ1n) is 9.97. The summed E-state index contributed by atoms with van der Waals surface area (Å²) < 4.78 is 4.77. The van der Waals surface area contributed by atoms with Crippen LogP contribution in [0.3, 0.4) is 0 Å². The fraction of sp³-hybridized carbons (Fsp3) is 0.571. The molecule has 28 heavy (non-hydrogen) atoms. The molecule has 0 bridgehead atoms. The lowest BCUT2D eigenvalue weighted by Crippen LogP contribution is -2.43. The summed E-state index contributed by atoms with van der Waals surface area (Å²) in [5, 5.41) is 5.53. The Morgan fingerprint density at radius 3 is 2.36 bits per heavy atom. The highest BCUT2D eigenvalue weighted by Gasteiger charge is 2.26. The molecule has 1 saturated carbocycles. The number of ether oxygens (including phenoxy) is 1. The first-order valence-corrected chi connectivity index (χ1v) is 9.97. The molecule has 1 aliphatic carbocycles. The van der Waals surface area contributed by atoms with Crippen LogP contribution in [0.5, 0.6) is 0 Å². The maximum Gasteiger partial charge on any atom is 0.328 e. The van der Waals surface area contributed by atoms with Gasteiger partial charge in [0.25, 0.3) is 0 Å². The van der Waals surface area contributed by atoms with E-state index in [0.29, 0.717) is 18.5 Å². The van der Waals surface area contributed by atoms with Gasteiger partial charge in [-0.3, -0.25) is 9.59 Å². The van der Waals surface area contributed by atoms with Gasteiger partial charge in [0, 0.05) is 18.5 Å². The molecule has 2 rings (SSSR count). The second kappa shape index (κ2) is 10.8. The molecule has 4 N–H and O–H groups in total. The number of benzene rings is 1. The molecule has 0 spiro atoms. The monoisotopic (exact) mass is 389 g/mol. The second-order valence-electron chi connectivity index (χ2n) is 7.31. The average Bonchev–Trinajstić information content (AvgIpc) is 2.73. The molecule has 7 nitrogen and oxygen atoms in total. The molecule has 1 aromatic rings. The number of amides is 2. The van der Waals surface area contributed by atoms with Crippen LogP contribution in [0.2, 0.25) is 0 Å². The molecule has 0 radical (unpaired) electrons. The van der Waals surface area contributed by atoms with Crippen molar-refractivity contribution >= 4 is 23.5 Å². The molecule has 2 amide bonds. The third-order valence-electron chi connectivity index (χ3n) is 5.26. The van der Waals surface area contributed by atoms with E-state index in [2.05, 4.69) is 10.6 Å². The molecule has 0 unspecified atom stereocenters. The highest BCUT2D eigenvalue weighted by atomic mass is 16.5. The number of hydrogen-bond donors (Lipinski definition) is 3. The highest BCUT2D eigenvalue weighted by Crippen LogP contribution is 2.26. The minimum absolute atomic E-state index is 0.165. The Morgan fingerprint density at radius 1 is 1.14 bits per heavy atom. The van der Waals surface area contributed by atoms with Gasteiger partial charge in [-0.1, -0.05) is 38.3 Å². The number of carbonyl (C=O) groups is 3. The topological polar surface area (TPSA) is 111 Å². The average molecular weight is 389 g/mol. The van der Waals surface area contributed by atoms with Crippen LogP contribution in [0.4, 0.5) is 5.69 Å². The van der Waals surface area contributed by atoms with Crippen molar-refractivity contribution < 1.29 is 19.1 Å². The van der Waals surface area contributed by atoms with Crippen LogP contribution >= 0.6 is 0 Å². The molecule has 0 aromatic heterocycles. The second-order valence-corrected chi connectivity index (χ2v) is 7.31. The Kier molecular flexibility index (Phi) is 8.44. The number of carbonyl (C=O) groups excluding carboxylic acids is 3. The van der Waals surface area contributed by atoms with Crippen molar-refractivity contribution in [2.75, 3.05) is 12.4 Å². The van der Waals surface area contributed by atoms with E-state index in [4.69, 9.17) is 10.5 Å². The van der Waals surface area contributed by atoms with Gasteiger partial charge in [-0.2, -0.15) is 0 Å². The Bertz CT molecular complexity index is 669. The molecule has 154 valence electrons. The van der Waals surface area contributed by atoms with Gasteiger partial charge in [0.05, 0.1) is 13.2 Å². The number of nitrogens with one attached hydrogen (secondary N) is 2. The predicted molar refractivity (Wildman–Crippen MR) is 108 cm³/mol. The van der Waals surface area contributed by atoms with E-state index >= 15 is 0 Å². The number of methoxy groups -OCH3 is 1. The fourth-order valence-corrected chi connectivity index (χ4v) is 3.52. The molecule has 1 aromatic carbocycles. The summed E-state index contributed by atoms with van der Waals surface area (Å²) in [4.78, 5) is 35.9. The van der Waals surface area contributed by atoms with E-state index in [1.807, 2.05) is 12.1 Å². The van der Waals surface area contributed by atoms with Crippen molar-refractivity contribution in [3.63, 3.8) is 0 Å². The van der Waals surface area contributed by atoms with Gasteiger partial charge in [0.15, 0.2) is 0 Å². The van der Waals surface area contributed by atoms with E-state index in [-0.39, 0.29) is 17.7 Å². The minimum atomic E-state index is -0.738. The van der Waals surface area contributed by atoms with Crippen LogP contribution in [0.1, 0.15) is 51.0 Å². The van der Waals surface area contributed by atoms with Crippen LogP contribution in [-0.2, 0) is 25.5 Å². The standard InChI is InChI=1S/C21H31N3O4/c1-3-18(25)24-17(21(27)28-2)13-14-9-11-16(12-10-14)23-20(26)19(22)15-7-5-4-6-8-15/h9-12,15,17,19H,3-8,13,22H2,1-2H3,(H,23,26)(H,24,25)/t17-,19-/m1/s1. The van der Waals surface area contributed by atoms with Crippen molar-refractivity contribution in [3.8, 4) is 0 Å². The van der Waals surface area contributed by atoms with Gasteiger partial charge in [-0.25, -0.2) is 4.79 Å². The summed E-state index contributed by atoms with van der Waals surface area (Å²) in [5.41, 5.74) is 7.65. The lowest BCUT2D eigenvalue weighted by molar-refractivity contribution is -0.145. The summed E-state index contributed by atoms with van der Waals surface area (Å²) in [6.07, 6.45) is 6.11. The van der Waals surface area contributed by atoms with Gasteiger partial charge in [0.1, 0.15) is 6.04 Å². The first kappa shape index (κ1) is 21.9. The Hall–Kier alpha value is -2.41. The summed E-state index contributed by atoms with van der Waals surface area (Å²) >= 11 is 0. The zero-order valence-electron chi connectivity index (χ0n) is 16.7. The van der Waals surface area contributed by atoms with Crippen LogP contribution in [0.25, 0.3) is 0 Å². The lowest BCUT2D eigenvalue weighted by Gasteiger charge is -2.26. The van der Waals surface area contributed by atoms with Crippen LogP contribution in [0, 0.1) is 5.92 Å². The normalized spacial score (nSPS) is 16.7. The van der Waals surface area contributed by atoms with Gasteiger partial charge in [-0.15, -0.1) is 0 Å². The van der Waals surface area contributed by atoms with Crippen molar-refractivity contribution in [3.05, 3.63) is 29.8 Å². The van der Waals surface area contributed by atoms with Crippen molar-refractivity contribution in [2.45, 2.75) is 64.0 Å². The van der Waals surface area contributed by atoms with Crippen molar-refractivity contribution in [2.24, 2.45) is 11.7 Å². The van der Waals surface area contributed by atoms with Gasteiger partial charge >= 0.3 is 5.97 Å². The van der Waals surface area contributed by atoms with Crippen LogP contribution in [-0.4, -0.2) is 37.0 Å². The minimum Gasteiger partial charge on any atom is -0.467 e. The van der Waals surface area contributed by atoms with E-state index in [1.165, 1.54) is 13.5 Å². The zero-order valence-corrected chi connectivity index (χ0v) is 16.7. The summed E-state index contributed by atoms with van der Waals surface area (Å²) in [7, 11) is 1.29. The van der Waals surface area contributed by atoms with Gasteiger partial charge in [0.2, 0.25) is 11.8 Å². The van der Waals surface area contributed by atoms with E-state index in [1.54, 1.807) is 19.1 Å². The maximum absolute atomic E-state index is 12.4. The number of nitrogens with two attached hydrogens (primary N) is 1. The molecule has 1 fully saturated rings. The Balaban J connectivity index is 1.94. The third-order valence-corrected chi connectivity index (χ3v) is 5.26. The molecule has 2 atom stereocenters. The van der Waals surface area contributed by atoms with Crippen molar-refractivity contribution in [1.29, 1.82) is 0 Å². The number of hydrogen-bond acceptors (Lipinski definition) is 5. The van der Waals surface area contributed by atoms with Gasteiger partial charge in [-0.05, 0) is 36.5 Å². The van der Waals surface area contributed by atoms with Crippen LogP contribution in [0.15, 0.2) is 24.3 Å². The SMILES string of the molecule is CCC(=O)N[C@H](Cc1ccc(NC(=O)[C@H](N)C2CCCCC2)cc1)C(=O)OC. The summed E-state index contributed by atoms with van der Waals surface area (Å²) in [6, 6.07) is 5.95. The molecule has 0 aliphatic heterocycles. The maximum atomic E-state index is 12.4. The molecular formula is C21H31N3O4. The highest BCUT2D eigenvalue weighted by molar-refractivity contribution is 5.94. The molecular weight excluding hydrogens is 358 g/mol. The predicted octanol–water partition coefficient (Wildman–Crippen LogP) is 2.14. The summed E-state index contributed by atoms with van der Waals surface area (Å²) in [5.74, 6) is -0.619. The van der Waals surface area contributed by atoms with E-state index in [0.717, 1.165) is 31.2 Å². The summed E-state index contributed by atoms with van der Waals surface area (Å²) in [6.45, 7) is 1.72. The zero-order chi connectivity index (χ0) is 20.5. The fourth-order valence-electron chi connectivity index (χ4n) is 3.52. The number of anilines is 1. The third kappa shape index (κ3) is 6.34. The Morgan fingerprint density at radius 2 is 1.79 bits per heavy atom. The molecule has 7 heteroatoms. The lowest BCUT2D eigenvalue weighted by atomic mass is 9.84. The van der Waals surface area contributed by atoms with Crippen molar-refractivity contribution in [1.82, 2.24) is 5.32 Å². The molecule has 0 heterocycles.